The topological polar surface area (TPSA) is 48.1 Å². The van der Waals surface area contributed by atoms with E-state index >= 15 is 0 Å². The van der Waals surface area contributed by atoms with Gasteiger partial charge in [0.05, 0.1) is 11.4 Å². The molecule has 1 aliphatic rings. The zero-order chi connectivity index (χ0) is 15.5. The SMILES string of the molecule is CC(C)N(C)Cc1n[nH]c2c1CCN(Cc1cccnc1)C2. The van der Waals surface area contributed by atoms with Crippen LogP contribution in [0.15, 0.2) is 24.5 Å². The number of pyridine rings is 1. The predicted molar refractivity (Wildman–Crippen MR) is 87.2 cm³/mol. The van der Waals surface area contributed by atoms with Crippen LogP contribution in [0.5, 0.6) is 0 Å². The minimum Gasteiger partial charge on any atom is -0.298 e. The van der Waals surface area contributed by atoms with Crippen molar-refractivity contribution in [2.75, 3.05) is 13.6 Å². The van der Waals surface area contributed by atoms with Crippen LogP contribution < -0.4 is 0 Å². The van der Waals surface area contributed by atoms with Gasteiger partial charge >= 0.3 is 0 Å². The summed E-state index contributed by atoms with van der Waals surface area (Å²) in [5, 5.41) is 7.81. The summed E-state index contributed by atoms with van der Waals surface area (Å²) in [7, 11) is 2.16. The number of H-pyrrole nitrogens is 1. The van der Waals surface area contributed by atoms with Gasteiger partial charge in [0.2, 0.25) is 0 Å². The standard InChI is InChI=1S/C17H25N5/c1-13(2)21(3)11-16-15-6-8-22(12-17(15)20-19-16)10-14-5-4-7-18-9-14/h4-5,7,9,13H,6,8,10-12H2,1-3H3,(H,19,20). The van der Waals surface area contributed by atoms with Gasteiger partial charge in [0.25, 0.3) is 0 Å². The Bertz CT molecular complexity index is 605. The third-order valence-corrected chi connectivity index (χ3v) is 4.51. The zero-order valence-electron chi connectivity index (χ0n) is 13.7. The van der Waals surface area contributed by atoms with E-state index in [1.165, 1.54) is 22.5 Å². The fraction of sp³-hybridized carbons (Fsp3) is 0.529. The van der Waals surface area contributed by atoms with Gasteiger partial charge in [-0.3, -0.25) is 19.9 Å². The van der Waals surface area contributed by atoms with Crippen LogP contribution in [0.3, 0.4) is 0 Å². The molecule has 2 aromatic rings. The lowest BCUT2D eigenvalue weighted by atomic mass is 10.0. The second-order valence-electron chi connectivity index (χ2n) is 6.46. The first-order valence-corrected chi connectivity index (χ1v) is 8.00. The molecule has 0 unspecified atom stereocenters. The molecule has 0 aliphatic carbocycles. The van der Waals surface area contributed by atoms with Gasteiger partial charge < -0.3 is 0 Å². The lowest BCUT2D eigenvalue weighted by Crippen LogP contribution is -2.31. The van der Waals surface area contributed by atoms with E-state index in [1.54, 1.807) is 0 Å². The number of aromatic nitrogens is 3. The molecule has 0 fully saturated rings. The monoisotopic (exact) mass is 299 g/mol. The smallest absolute Gasteiger partial charge is 0.0798 e. The fourth-order valence-electron chi connectivity index (χ4n) is 2.88. The van der Waals surface area contributed by atoms with Crippen molar-refractivity contribution in [3.05, 3.63) is 47.0 Å². The maximum atomic E-state index is 4.56. The molecule has 0 aromatic carbocycles. The van der Waals surface area contributed by atoms with Crippen LogP contribution in [0.1, 0.15) is 36.4 Å². The van der Waals surface area contributed by atoms with Crippen molar-refractivity contribution in [3.8, 4) is 0 Å². The maximum Gasteiger partial charge on any atom is 0.0798 e. The highest BCUT2D eigenvalue weighted by Crippen LogP contribution is 2.22. The molecular formula is C17H25N5. The van der Waals surface area contributed by atoms with Crippen LogP contribution in [-0.4, -0.2) is 44.6 Å². The molecule has 5 nitrogen and oxygen atoms in total. The number of nitrogens with zero attached hydrogens (tertiary/aromatic N) is 4. The molecule has 0 amide bonds. The number of hydrogen-bond donors (Lipinski definition) is 1. The van der Waals surface area contributed by atoms with Crippen LogP contribution in [0.25, 0.3) is 0 Å². The number of aromatic amines is 1. The van der Waals surface area contributed by atoms with Crippen molar-refractivity contribution in [1.82, 2.24) is 25.0 Å². The Morgan fingerprint density at radius 2 is 2.27 bits per heavy atom. The molecule has 5 heteroatoms. The molecule has 0 saturated carbocycles. The second-order valence-corrected chi connectivity index (χ2v) is 6.46. The number of nitrogens with one attached hydrogen (secondary N) is 1. The average molecular weight is 299 g/mol. The van der Waals surface area contributed by atoms with Gasteiger partial charge in [-0.05, 0) is 38.9 Å². The van der Waals surface area contributed by atoms with E-state index in [0.29, 0.717) is 6.04 Å². The molecule has 0 radical (unpaired) electrons. The molecule has 0 bridgehead atoms. The van der Waals surface area contributed by atoms with Gasteiger partial charge in [-0.15, -0.1) is 0 Å². The molecule has 0 atom stereocenters. The third-order valence-electron chi connectivity index (χ3n) is 4.51. The summed E-state index contributed by atoms with van der Waals surface area (Å²) in [6.07, 6.45) is 4.85. The highest BCUT2D eigenvalue weighted by atomic mass is 15.2. The van der Waals surface area contributed by atoms with Crippen LogP contribution in [0.2, 0.25) is 0 Å². The van der Waals surface area contributed by atoms with E-state index in [0.717, 1.165) is 32.6 Å². The third kappa shape index (κ3) is 3.36. The quantitative estimate of drug-likeness (QED) is 0.919. The van der Waals surface area contributed by atoms with Gasteiger partial charge in [-0.1, -0.05) is 6.07 Å². The first kappa shape index (κ1) is 15.2. The Kier molecular flexibility index (Phi) is 4.55. The molecule has 3 heterocycles. The van der Waals surface area contributed by atoms with Crippen LogP contribution in [-0.2, 0) is 26.1 Å². The number of fused-ring (bicyclic) bond motifs is 1. The largest absolute Gasteiger partial charge is 0.298 e. The molecule has 118 valence electrons. The summed E-state index contributed by atoms with van der Waals surface area (Å²) in [6.45, 7) is 8.34. The highest BCUT2D eigenvalue weighted by Gasteiger charge is 2.22. The van der Waals surface area contributed by atoms with Gasteiger partial charge in [0, 0.05) is 50.2 Å². The van der Waals surface area contributed by atoms with Gasteiger partial charge in [-0.25, -0.2) is 0 Å². The minimum absolute atomic E-state index is 0.540. The lowest BCUT2D eigenvalue weighted by molar-refractivity contribution is 0.239. The molecule has 1 aliphatic heterocycles. The summed E-state index contributed by atoms with van der Waals surface area (Å²) < 4.78 is 0. The molecule has 0 spiro atoms. The summed E-state index contributed by atoms with van der Waals surface area (Å²) in [5.41, 5.74) is 5.19. The van der Waals surface area contributed by atoms with E-state index in [2.05, 4.69) is 51.9 Å². The predicted octanol–water partition coefficient (Wildman–Crippen LogP) is 2.20. The van der Waals surface area contributed by atoms with E-state index in [4.69, 9.17) is 0 Å². The van der Waals surface area contributed by atoms with E-state index in [-0.39, 0.29) is 0 Å². The summed E-state index contributed by atoms with van der Waals surface area (Å²) in [5.74, 6) is 0. The molecule has 3 rings (SSSR count). The van der Waals surface area contributed by atoms with E-state index in [1.807, 2.05) is 18.5 Å². The zero-order valence-corrected chi connectivity index (χ0v) is 13.7. The maximum absolute atomic E-state index is 4.56. The molecule has 1 N–H and O–H groups in total. The average Bonchev–Trinajstić information content (AvgIpc) is 2.90. The Morgan fingerprint density at radius 3 is 3.00 bits per heavy atom. The summed E-state index contributed by atoms with van der Waals surface area (Å²) in [4.78, 5) is 8.98. The highest BCUT2D eigenvalue weighted by molar-refractivity contribution is 5.28. The fourth-order valence-corrected chi connectivity index (χ4v) is 2.88. The minimum atomic E-state index is 0.540. The van der Waals surface area contributed by atoms with Crippen molar-refractivity contribution in [3.63, 3.8) is 0 Å². The molecule has 2 aromatic heterocycles. The Labute approximate surface area is 132 Å². The van der Waals surface area contributed by atoms with Crippen molar-refractivity contribution in [2.24, 2.45) is 0 Å². The van der Waals surface area contributed by atoms with E-state index in [9.17, 15) is 0 Å². The van der Waals surface area contributed by atoms with Gasteiger partial charge in [0.1, 0.15) is 0 Å². The van der Waals surface area contributed by atoms with Crippen LogP contribution in [0.4, 0.5) is 0 Å². The number of hydrogen-bond acceptors (Lipinski definition) is 4. The van der Waals surface area contributed by atoms with Crippen molar-refractivity contribution >= 4 is 0 Å². The first-order valence-electron chi connectivity index (χ1n) is 8.00. The Balaban J connectivity index is 1.66. The first-order chi connectivity index (χ1) is 10.6. The van der Waals surface area contributed by atoms with Crippen molar-refractivity contribution in [1.29, 1.82) is 0 Å². The Hall–Kier alpha value is -1.72. The summed E-state index contributed by atoms with van der Waals surface area (Å²) in [6, 6.07) is 4.68. The summed E-state index contributed by atoms with van der Waals surface area (Å²) >= 11 is 0. The molecule has 22 heavy (non-hydrogen) atoms. The number of rotatable bonds is 5. The lowest BCUT2D eigenvalue weighted by Gasteiger charge is -2.27. The van der Waals surface area contributed by atoms with Crippen LogP contribution >= 0.6 is 0 Å². The second kappa shape index (κ2) is 6.58. The Morgan fingerprint density at radius 1 is 1.41 bits per heavy atom. The van der Waals surface area contributed by atoms with Gasteiger partial charge in [-0.2, -0.15) is 5.10 Å². The van der Waals surface area contributed by atoms with Crippen molar-refractivity contribution in [2.45, 2.75) is 45.9 Å². The molecule has 0 saturated heterocycles. The van der Waals surface area contributed by atoms with Crippen molar-refractivity contribution < 1.29 is 0 Å². The van der Waals surface area contributed by atoms with E-state index < -0.39 is 0 Å². The molecular weight excluding hydrogens is 274 g/mol. The normalized spacial score (nSPS) is 15.5. The van der Waals surface area contributed by atoms with Gasteiger partial charge in [0.15, 0.2) is 0 Å². The van der Waals surface area contributed by atoms with Crippen LogP contribution in [0, 0.1) is 0 Å².